The van der Waals surface area contributed by atoms with Crippen LogP contribution in [0.2, 0.25) is 0 Å². The maximum atomic E-state index is 12.9. The minimum absolute atomic E-state index is 0.0185. The molecule has 2 atom stereocenters. The molecule has 7 heteroatoms. The van der Waals surface area contributed by atoms with Crippen LogP contribution in [0.15, 0.2) is 17.5 Å². The van der Waals surface area contributed by atoms with Gasteiger partial charge in [-0.1, -0.05) is 6.07 Å². The number of carbonyl (C=O) groups excluding carboxylic acids is 2. The first-order valence-electron chi connectivity index (χ1n) is 8.48. The summed E-state index contributed by atoms with van der Waals surface area (Å²) in [5.74, 6) is -0.0789. The molecule has 3 rings (SSSR count). The Morgan fingerprint density at radius 1 is 1.38 bits per heavy atom. The van der Waals surface area contributed by atoms with Gasteiger partial charge in [-0.2, -0.15) is 0 Å². The van der Waals surface area contributed by atoms with Gasteiger partial charge in [-0.25, -0.2) is 0 Å². The van der Waals surface area contributed by atoms with Crippen LogP contribution in [0.3, 0.4) is 0 Å². The van der Waals surface area contributed by atoms with E-state index in [0.29, 0.717) is 13.2 Å². The molecule has 6 nitrogen and oxygen atoms in total. The second kappa shape index (κ2) is 8.09. The van der Waals surface area contributed by atoms with Crippen molar-refractivity contribution >= 4 is 23.2 Å². The number of likely N-dealkylation sites (tertiary alicyclic amines) is 1. The summed E-state index contributed by atoms with van der Waals surface area (Å²) < 4.78 is 11.3. The summed E-state index contributed by atoms with van der Waals surface area (Å²) in [7, 11) is 0. The lowest BCUT2D eigenvalue weighted by Gasteiger charge is -2.38. The van der Waals surface area contributed by atoms with Crippen molar-refractivity contribution in [1.82, 2.24) is 10.2 Å². The summed E-state index contributed by atoms with van der Waals surface area (Å²) >= 11 is 1.55. The molecule has 2 aliphatic rings. The predicted molar refractivity (Wildman–Crippen MR) is 90.5 cm³/mol. The Morgan fingerprint density at radius 2 is 2.17 bits per heavy atom. The lowest BCUT2D eigenvalue weighted by atomic mass is 10.00. The zero-order valence-corrected chi connectivity index (χ0v) is 14.7. The summed E-state index contributed by atoms with van der Waals surface area (Å²) in [5.41, 5.74) is 0. The number of rotatable bonds is 5. The van der Waals surface area contributed by atoms with E-state index in [1.54, 1.807) is 11.3 Å². The molecule has 0 unspecified atom stereocenters. The van der Waals surface area contributed by atoms with E-state index in [1.807, 2.05) is 22.4 Å². The van der Waals surface area contributed by atoms with Crippen LogP contribution in [0.5, 0.6) is 0 Å². The molecule has 0 spiro atoms. The van der Waals surface area contributed by atoms with Gasteiger partial charge in [0.25, 0.3) is 0 Å². The number of ether oxygens (including phenoxy) is 2. The Balaban J connectivity index is 1.69. The minimum Gasteiger partial charge on any atom is -0.348 e. The summed E-state index contributed by atoms with van der Waals surface area (Å²) in [6.45, 7) is 3.39. The van der Waals surface area contributed by atoms with Gasteiger partial charge in [0.05, 0.1) is 31.7 Å². The topological polar surface area (TPSA) is 67.9 Å². The number of hydrogen-bond acceptors (Lipinski definition) is 5. The molecule has 132 valence electrons. The van der Waals surface area contributed by atoms with E-state index in [-0.39, 0.29) is 36.6 Å². The number of amides is 2. The standard InChI is InChI=1S/C17H24N2O4S/c1-12(20)18-13(15-6-4-10-24-15)11-16(21)19-7-3-2-5-14(19)17-22-8-9-23-17/h4,6,10,13-14,17H,2-3,5,7-9,11H2,1H3,(H,18,20)/t13-,14+/m1/s1. The third kappa shape index (κ3) is 4.15. The van der Waals surface area contributed by atoms with Crippen molar-refractivity contribution in [3.63, 3.8) is 0 Å². The van der Waals surface area contributed by atoms with Crippen LogP contribution >= 0.6 is 11.3 Å². The second-order valence-corrected chi connectivity index (χ2v) is 7.21. The van der Waals surface area contributed by atoms with Crippen molar-refractivity contribution in [2.75, 3.05) is 19.8 Å². The Labute approximate surface area is 146 Å². The van der Waals surface area contributed by atoms with Crippen LogP contribution < -0.4 is 5.32 Å². The van der Waals surface area contributed by atoms with Gasteiger partial charge in [-0.15, -0.1) is 11.3 Å². The Kier molecular flexibility index (Phi) is 5.86. The summed E-state index contributed by atoms with van der Waals surface area (Å²) in [6.07, 6.45) is 2.94. The second-order valence-electron chi connectivity index (χ2n) is 6.23. The molecule has 0 aliphatic carbocycles. The number of thiophene rings is 1. The Morgan fingerprint density at radius 3 is 2.83 bits per heavy atom. The number of hydrogen-bond donors (Lipinski definition) is 1. The van der Waals surface area contributed by atoms with Crippen LogP contribution in [-0.4, -0.2) is 48.8 Å². The van der Waals surface area contributed by atoms with Gasteiger partial charge in [-0.05, 0) is 30.7 Å². The highest BCUT2D eigenvalue weighted by Crippen LogP contribution is 2.28. The van der Waals surface area contributed by atoms with Crippen molar-refractivity contribution in [1.29, 1.82) is 0 Å². The summed E-state index contributed by atoms with van der Waals surface area (Å²) in [5, 5.41) is 4.86. The quantitative estimate of drug-likeness (QED) is 0.881. The highest BCUT2D eigenvalue weighted by molar-refractivity contribution is 7.10. The van der Waals surface area contributed by atoms with Crippen LogP contribution in [0.4, 0.5) is 0 Å². The molecular weight excluding hydrogens is 328 g/mol. The number of piperidine rings is 1. The molecule has 3 heterocycles. The zero-order valence-electron chi connectivity index (χ0n) is 13.9. The molecule has 0 radical (unpaired) electrons. The van der Waals surface area contributed by atoms with E-state index < -0.39 is 0 Å². The lowest BCUT2D eigenvalue weighted by molar-refractivity contribution is -0.151. The van der Waals surface area contributed by atoms with Crippen molar-refractivity contribution in [2.45, 2.75) is 51.0 Å². The van der Waals surface area contributed by atoms with Gasteiger partial charge < -0.3 is 19.7 Å². The first-order valence-corrected chi connectivity index (χ1v) is 9.36. The van der Waals surface area contributed by atoms with Gasteiger partial charge in [-0.3, -0.25) is 9.59 Å². The fourth-order valence-electron chi connectivity index (χ4n) is 3.40. The Hall–Kier alpha value is -1.44. The molecule has 2 saturated heterocycles. The summed E-state index contributed by atoms with van der Waals surface area (Å²) in [6, 6.07) is 3.59. The fraction of sp³-hybridized carbons (Fsp3) is 0.647. The molecule has 0 bridgehead atoms. The van der Waals surface area contributed by atoms with E-state index in [9.17, 15) is 9.59 Å². The van der Waals surface area contributed by atoms with E-state index in [4.69, 9.17) is 9.47 Å². The van der Waals surface area contributed by atoms with Crippen LogP contribution in [0.25, 0.3) is 0 Å². The predicted octanol–water partition coefficient (Wildman–Crippen LogP) is 2.07. The van der Waals surface area contributed by atoms with E-state index in [1.165, 1.54) is 6.92 Å². The SMILES string of the molecule is CC(=O)N[C@H](CC(=O)N1CCCC[C@H]1C1OCCO1)c1cccs1. The molecule has 2 fully saturated rings. The maximum Gasteiger partial charge on any atom is 0.225 e. The van der Waals surface area contributed by atoms with Crippen molar-refractivity contribution in [3.8, 4) is 0 Å². The van der Waals surface area contributed by atoms with E-state index >= 15 is 0 Å². The normalized spacial score (nSPS) is 23.2. The van der Waals surface area contributed by atoms with E-state index in [0.717, 1.165) is 30.7 Å². The molecule has 1 N–H and O–H groups in total. The number of nitrogens with zero attached hydrogens (tertiary/aromatic N) is 1. The average molecular weight is 352 g/mol. The van der Waals surface area contributed by atoms with Crippen LogP contribution in [0, 0.1) is 0 Å². The molecule has 1 aromatic heterocycles. The largest absolute Gasteiger partial charge is 0.348 e. The van der Waals surface area contributed by atoms with Gasteiger partial charge in [0.2, 0.25) is 11.8 Å². The minimum atomic E-state index is -0.310. The molecule has 2 amide bonds. The first-order chi connectivity index (χ1) is 11.6. The van der Waals surface area contributed by atoms with E-state index in [2.05, 4.69) is 5.32 Å². The third-order valence-corrected chi connectivity index (χ3v) is 5.46. The molecule has 1 aromatic rings. The maximum absolute atomic E-state index is 12.9. The molecule has 0 aromatic carbocycles. The van der Waals surface area contributed by atoms with Gasteiger partial charge >= 0.3 is 0 Å². The monoisotopic (exact) mass is 352 g/mol. The molecule has 24 heavy (non-hydrogen) atoms. The Bertz CT molecular complexity index is 557. The number of carbonyl (C=O) groups is 2. The van der Waals surface area contributed by atoms with Gasteiger partial charge in [0.15, 0.2) is 6.29 Å². The fourth-order valence-corrected chi connectivity index (χ4v) is 4.18. The van der Waals surface area contributed by atoms with Gasteiger partial charge in [0.1, 0.15) is 0 Å². The molecule has 2 aliphatic heterocycles. The third-order valence-electron chi connectivity index (χ3n) is 4.47. The van der Waals surface area contributed by atoms with Crippen LogP contribution in [-0.2, 0) is 19.1 Å². The highest BCUT2D eigenvalue weighted by atomic mass is 32.1. The lowest BCUT2D eigenvalue weighted by Crippen LogP contribution is -2.50. The molecular formula is C17H24N2O4S. The highest BCUT2D eigenvalue weighted by Gasteiger charge is 2.36. The smallest absolute Gasteiger partial charge is 0.225 e. The average Bonchev–Trinajstić information content (AvgIpc) is 3.27. The summed E-state index contributed by atoms with van der Waals surface area (Å²) in [4.78, 5) is 27.3. The van der Waals surface area contributed by atoms with Crippen molar-refractivity contribution < 1.29 is 19.1 Å². The van der Waals surface area contributed by atoms with Gasteiger partial charge in [0, 0.05) is 18.3 Å². The molecule has 0 saturated carbocycles. The van der Waals surface area contributed by atoms with Crippen LogP contribution in [0.1, 0.15) is 43.5 Å². The zero-order chi connectivity index (χ0) is 16.9. The van der Waals surface area contributed by atoms with Crippen molar-refractivity contribution in [3.05, 3.63) is 22.4 Å². The van der Waals surface area contributed by atoms with Crippen molar-refractivity contribution in [2.24, 2.45) is 0 Å². The first kappa shape index (κ1) is 17.4. The number of nitrogens with one attached hydrogen (secondary N) is 1.